The highest BCUT2D eigenvalue weighted by Crippen LogP contribution is 2.22. The summed E-state index contributed by atoms with van der Waals surface area (Å²) in [5.74, 6) is 0.0859. The third kappa shape index (κ3) is 2.43. The lowest BCUT2D eigenvalue weighted by molar-refractivity contribution is 0.628. The minimum Gasteiger partial charge on any atom is -0.368 e. The number of nitrogen functional groups attached to an aromatic ring is 1. The number of hydrogen-bond acceptors (Lipinski definition) is 5. The molecule has 0 saturated carbocycles. The summed E-state index contributed by atoms with van der Waals surface area (Å²) in [5.41, 5.74) is 6.08. The number of aromatic nitrogens is 5. The van der Waals surface area contributed by atoms with Crippen LogP contribution in [0.5, 0.6) is 0 Å². The number of hydrogen-bond donors (Lipinski definition) is 1. The van der Waals surface area contributed by atoms with E-state index in [-0.39, 0.29) is 16.8 Å². The normalized spacial score (nSPS) is 10.7. The summed E-state index contributed by atoms with van der Waals surface area (Å²) in [4.78, 5) is 16.1. The van der Waals surface area contributed by atoms with Crippen molar-refractivity contribution >= 4 is 17.5 Å². The molecule has 2 N–H and O–H groups in total. The highest BCUT2D eigenvalue weighted by atomic mass is 35.5. The summed E-state index contributed by atoms with van der Waals surface area (Å²) in [6.07, 6.45) is 4.77. The van der Waals surface area contributed by atoms with Gasteiger partial charge in [0.15, 0.2) is 5.82 Å². The fourth-order valence-electron chi connectivity index (χ4n) is 1.69. The Morgan fingerprint density at radius 2 is 2.00 bits per heavy atom. The maximum absolute atomic E-state index is 13.4. The second kappa shape index (κ2) is 4.86. The van der Waals surface area contributed by atoms with E-state index in [4.69, 9.17) is 17.3 Å². The number of benzene rings is 1. The molecule has 0 amide bonds. The van der Waals surface area contributed by atoms with Crippen LogP contribution in [0.4, 0.5) is 10.3 Å². The van der Waals surface area contributed by atoms with Gasteiger partial charge in [-0.2, -0.15) is 15.0 Å². The predicted octanol–water partition coefficient (Wildman–Crippen LogP) is 2.10. The Morgan fingerprint density at radius 1 is 1.15 bits per heavy atom. The van der Waals surface area contributed by atoms with E-state index in [1.165, 1.54) is 18.5 Å². The Labute approximate surface area is 118 Å². The quantitative estimate of drug-likeness (QED) is 0.781. The number of nitrogens with zero attached hydrogens (tertiary/aromatic N) is 5. The summed E-state index contributed by atoms with van der Waals surface area (Å²) in [6.45, 7) is 0. The summed E-state index contributed by atoms with van der Waals surface area (Å²) >= 11 is 5.82. The molecule has 0 atom stereocenters. The van der Waals surface area contributed by atoms with Crippen LogP contribution in [0.15, 0.2) is 36.9 Å². The van der Waals surface area contributed by atoms with Gasteiger partial charge in [-0.1, -0.05) is 11.6 Å². The highest BCUT2D eigenvalue weighted by Gasteiger charge is 2.10. The van der Waals surface area contributed by atoms with Crippen molar-refractivity contribution in [3.05, 3.63) is 47.8 Å². The van der Waals surface area contributed by atoms with Crippen molar-refractivity contribution in [3.8, 4) is 17.3 Å². The molecule has 2 heterocycles. The van der Waals surface area contributed by atoms with Gasteiger partial charge in [0.25, 0.3) is 0 Å². The molecule has 20 heavy (non-hydrogen) atoms. The summed E-state index contributed by atoms with van der Waals surface area (Å²) in [6, 6.07) is 4.03. The average molecular weight is 291 g/mol. The first-order chi connectivity index (χ1) is 9.61. The summed E-state index contributed by atoms with van der Waals surface area (Å²) < 4.78 is 15.0. The van der Waals surface area contributed by atoms with Crippen molar-refractivity contribution in [1.82, 2.24) is 24.5 Å². The van der Waals surface area contributed by atoms with Crippen molar-refractivity contribution in [3.63, 3.8) is 0 Å². The first-order valence-corrected chi connectivity index (χ1v) is 5.96. The third-order valence-corrected chi connectivity index (χ3v) is 2.72. The van der Waals surface area contributed by atoms with Crippen LogP contribution in [0, 0.1) is 5.82 Å². The molecule has 0 aliphatic carbocycles. The van der Waals surface area contributed by atoms with Gasteiger partial charge in [0.1, 0.15) is 12.1 Å². The Balaban J connectivity index is 2.14. The van der Waals surface area contributed by atoms with Gasteiger partial charge < -0.3 is 5.73 Å². The number of rotatable bonds is 2. The van der Waals surface area contributed by atoms with Crippen molar-refractivity contribution in [2.45, 2.75) is 0 Å². The zero-order valence-electron chi connectivity index (χ0n) is 10.0. The molecule has 0 radical (unpaired) electrons. The zero-order valence-corrected chi connectivity index (χ0v) is 10.8. The second-order valence-corrected chi connectivity index (χ2v) is 4.38. The Bertz CT molecular complexity index is 738. The molecule has 100 valence electrons. The van der Waals surface area contributed by atoms with Crippen LogP contribution in [0.2, 0.25) is 5.02 Å². The molecule has 3 rings (SSSR count). The summed E-state index contributed by atoms with van der Waals surface area (Å²) in [7, 11) is 0. The van der Waals surface area contributed by atoms with Gasteiger partial charge in [0, 0.05) is 23.0 Å². The number of imidazole rings is 1. The molecule has 6 nitrogen and oxygen atoms in total. The Hall–Kier alpha value is -2.54. The summed E-state index contributed by atoms with van der Waals surface area (Å²) in [5, 5.41) is 0.253. The smallest absolute Gasteiger partial charge is 0.240 e. The molecule has 0 aliphatic heterocycles. The lowest BCUT2D eigenvalue weighted by Crippen LogP contribution is -2.06. The van der Waals surface area contributed by atoms with Gasteiger partial charge in [-0.3, -0.25) is 4.57 Å². The molecular formula is C12H8ClFN6. The number of anilines is 1. The van der Waals surface area contributed by atoms with E-state index in [0.29, 0.717) is 11.5 Å². The number of nitrogens with two attached hydrogens (primary N) is 1. The highest BCUT2D eigenvalue weighted by molar-refractivity contribution is 6.30. The lowest BCUT2D eigenvalue weighted by atomic mass is 10.2. The molecule has 1 aromatic carbocycles. The largest absolute Gasteiger partial charge is 0.368 e. The molecule has 0 fully saturated rings. The van der Waals surface area contributed by atoms with Crippen molar-refractivity contribution in [1.29, 1.82) is 0 Å². The molecule has 0 aliphatic rings. The maximum Gasteiger partial charge on any atom is 0.240 e. The van der Waals surface area contributed by atoms with E-state index in [9.17, 15) is 4.39 Å². The molecule has 0 saturated heterocycles. The van der Waals surface area contributed by atoms with E-state index in [2.05, 4.69) is 19.9 Å². The average Bonchev–Trinajstić information content (AvgIpc) is 2.90. The van der Waals surface area contributed by atoms with Gasteiger partial charge in [-0.25, -0.2) is 9.37 Å². The Kier molecular flexibility index (Phi) is 3.03. The monoisotopic (exact) mass is 290 g/mol. The molecular weight excluding hydrogens is 283 g/mol. The van der Waals surface area contributed by atoms with Crippen LogP contribution in [0.3, 0.4) is 0 Å². The van der Waals surface area contributed by atoms with Gasteiger partial charge >= 0.3 is 0 Å². The first-order valence-electron chi connectivity index (χ1n) is 5.58. The molecule has 2 aromatic heterocycles. The first kappa shape index (κ1) is 12.5. The van der Waals surface area contributed by atoms with E-state index in [0.717, 1.165) is 0 Å². The number of halogens is 2. The van der Waals surface area contributed by atoms with Crippen LogP contribution >= 0.6 is 11.6 Å². The molecule has 0 unspecified atom stereocenters. The molecule has 8 heteroatoms. The van der Waals surface area contributed by atoms with E-state index in [1.807, 2.05) is 0 Å². The van der Waals surface area contributed by atoms with Gasteiger partial charge in [-0.05, 0) is 18.2 Å². The van der Waals surface area contributed by atoms with Crippen molar-refractivity contribution < 1.29 is 4.39 Å². The molecule has 0 bridgehead atoms. The van der Waals surface area contributed by atoms with Crippen LogP contribution in [-0.4, -0.2) is 24.5 Å². The van der Waals surface area contributed by atoms with Gasteiger partial charge in [0.05, 0.1) is 0 Å². The molecule has 3 aromatic rings. The van der Waals surface area contributed by atoms with Crippen LogP contribution in [0.1, 0.15) is 0 Å². The standard InChI is InChI=1S/C12H8ClFN6/c13-8-3-7(4-9(14)5-8)10-17-11(15)19-12(18-10)20-2-1-16-6-20/h1-6H,(H2,15,17,18,19). The van der Waals surface area contributed by atoms with Crippen LogP contribution < -0.4 is 5.73 Å². The van der Waals surface area contributed by atoms with Gasteiger partial charge in [-0.15, -0.1) is 0 Å². The van der Waals surface area contributed by atoms with Gasteiger partial charge in [0.2, 0.25) is 11.9 Å². The van der Waals surface area contributed by atoms with Crippen LogP contribution in [0.25, 0.3) is 17.3 Å². The van der Waals surface area contributed by atoms with E-state index in [1.54, 1.807) is 23.0 Å². The van der Waals surface area contributed by atoms with Crippen LogP contribution in [-0.2, 0) is 0 Å². The fourth-order valence-corrected chi connectivity index (χ4v) is 1.91. The topological polar surface area (TPSA) is 82.5 Å². The minimum absolute atomic E-state index is 0.0269. The zero-order chi connectivity index (χ0) is 14.1. The maximum atomic E-state index is 13.4. The third-order valence-electron chi connectivity index (χ3n) is 2.50. The predicted molar refractivity (Wildman–Crippen MR) is 71.8 cm³/mol. The second-order valence-electron chi connectivity index (χ2n) is 3.95. The van der Waals surface area contributed by atoms with Crippen molar-refractivity contribution in [2.24, 2.45) is 0 Å². The Morgan fingerprint density at radius 3 is 2.70 bits per heavy atom. The van der Waals surface area contributed by atoms with E-state index >= 15 is 0 Å². The lowest BCUT2D eigenvalue weighted by Gasteiger charge is -2.05. The van der Waals surface area contributed by atoms with Crippen molar-refractivity contribution in [2.75, 3.05) is 5.73 Å². The minimum atomic E-state index is -0.476. The fraction of sp³-hybridized carbons (Fsp3) is 0. The van der Waals surface area contributed by atoms with E-state index < -0.39 is 5.82 Å². The molecule has 0 spiro atoms. The SMILES string of the molecule is Nc1nc(-c2cc(F)cc(Cl)c2)nc(-n2ccnc2)n1.